The van der Waals surface area contributed by atoms with Crippen molar-refractivity contribution in [1.29, 1.82) is 0 Å². The first kappa shape index (κ1) is 13.1. The van der Waals surface area contributed by atoms with E-state index in [1.807, 2.05) is 30.3 Å². The maximum atomic E-state index is 12.1. The van der Waals surface area contributed by atoms with Gasteiger partial charge in [0.05, 0.1) is 10.3 Å². The zero-order valence-electron chi connectivity index (χ0n) is 9.45. The van der Waals surface area contributed by atoms with E-state index in [0.717, 1.165) is 5.56 Å². The number of rotatable bonds is 3. The molecule has 18 heavy (non-hydrogen) atoms. The highest BCUT2D eigenvalue weighted by atomic mass is 79.9. The summed E-state index contributed by atoms with van der Waals surface area (Å²) in [5.41, 5.74) is 0.831. The molecule has 0 N–H and O–H groups in total. The molecule has 0 aliphatic carbocycles. The average Bonchev–Trinajstić information content (AvgIpc) is 2.40. The Kier molecular flexibility index (Phi) is 3.99. The Morgan fingerprint density at radius 3 is 1.94 bits per heavy atom. The minimum absolute atomic E-state index is 0.290. The van der Waals surface area contributed by atoms with E-state index in [1.165, 1.54) is 5.41 Å². The molecule has 0 radical (unpaired) electrons. The molecule has 0 aromatic heterocycles. The molecule has 92 valence electrons. The molecule has 2 nitrogen and oxygen atoms in total. The third-order valence-electron chi connectivity index (χ3n) is 2.38. The van der Waals surface area contributed by atoms with Gasteiger partial charge in [0.25, 0.3) is 0 Å². The normalized spacial score (nSPS) is 12.4. The van der Waals surface area contributed by atoms with Crippen molar-refractivity contribution in [2.45, 2.75) is 4.90 Å². The minimum Gasteiger partial charge on any atom is -0.219 e. The third-order valence-corrected chi connectivity index (χ3v) is 4.84. The fourth-order valence-corrected chi connectivity index (χ4v) is 3.56. The first-order valence-electron chi connectivity index (χ1n) is 5.32. The second-order valence-electron chi connectivity index (χ2n) is 3.69. The molecule has 0 heterocycles. The van der Waals surface area contributed by atoms with E-state index in [2.05, 4.69) is 15.9 Å². The third kappa shape index (κ3) is 3.09. The van der Waals surface area contributed by atoms with Crippen molar-refractivity contribution < 1.29 is 8.42 Å². The molecule has 0 aliphatic heterocycles. The van der Waals surface area contributed by atoms with E-state index in [1.54, 1.807) is 30.3 Å². The van der Waals surface area contributed by atoms with E-state index in [-0.39, 0.29) is 4.90 Å². The molecular formula is C14H11BrO2S. The molecule has 2 aromatic carbocycles. The Morgan fingerprint density at radius 1 is 0.889 bits per heavy atom. The van der Waals surface area contributed by atoms with Crippen LogP contribution in [0.3, 0.4) is 0 Å². The van der Waals surface area contributed by atoms with Gasteiger partial charge in [-0.1, -0.05) is 48.5 Å². The van der Waals surface area contributed by atoms with Crippen LogP contribution in [0.1, 0.15) is 5.56 Å². The Bertz CT molecular complexity index is 647. The molecule has 2 aromatic rings. The molecule has 0 bridgehead atoms. The summed E-state index contributed by atoms with van der Waals surface area (Å²) in [4.78, 5) is 0.290. The van der Waals surface area contributed by atoms with Gasteiger partial charge in [0.1, 0.15) is 0 Å². The van der Waals surface area contributed by atoms with Crippen molar-refractivity contribution in [1.82, 2.24) is 0 Å². The van der Waals surface area contributed by atoms with E-state index in [9.17, 15) is 8.42 Å². The summed E-state index contributed by atoms with van der Waals surface area (Å²) < 4.78 is 24.8. The molecule has 0 atom stereocenters. The van der Waals surface area contributed by atoms with Gasteiger partial charge in [-0.3, -0.25) is 0 Å². The molecule has 4 heteroatoms. The van der Waals surface area contributed by atoms with Crippen molar-refractivity contribution >= 4 is 30.2 Å². The average molecular weight is 323 g/mol. The Morgan fingerprint density at radius 2 is 1.39 bits per heavy atom. The van der Waals surface area contributed by atoms with Gasteiger partial charge in [-0.25, -0.2) is 8.42 Å². The van der Waals surface area contributed by atoms with Crippen LogP contribution in [0.2, 0.25) is 0 Å². The summed E-state index contributed by atoms with van der Waals surface area (Å²) in [6.07, 6.45) is 0. The van der Waals surface area contributed by atoms with E-state index in [4.69, 9.17) is 0 Å². The van der Waals surface area contributed by atoms with E-state index >= 15 is 0 Å². The zero-order chi connectivity index (χ0) is 13.0. The molecular weight excluding hydrogens is 312 g/mol. The Balaban J connectivity index is 2.39. The van der Waals surface area contributed by atoms with Crippen molar-refractivity contribution in [3.05, 3.63) is 71.6 Å². The summed E-state index contributed by atoms with van der Waals surface area (Å²) in [5.74, 6) is 0. The lowest BCUT2D eigenvalue weighted by molar-refractivity contribution is 0.605. The van der Waals surface area contributed by atoms with Crippen molar-refractivity contribution in [2.75, 3.05) is 0 Å². The second kappa shape index (κ2) is 5.50. The van der Waals surface area contributed by atoms with Crippen LogP contribution in [0.4, 0.5) is 0 Å². The van der Waals surface area contributed by atoms with Gasteiger partial charge in [0, 0.05) is 4.48 Å². The predicted molar refractivity (Wildman–Crippen MR) is 77.0 cm³/mol. The van der Waals surface area contributed by atoms with Gasteiger partial charge in [-0.15, -0.1) is 0 Å². The van der Waals surface area contributed by atoms with Crippen LogP contribution >= 0.6 is 15.9 Å². The minimum atomic E-state index is -3.42. The van der Waals surface area contributed by atoms with Crippen molar-refractivity contribution in [3.8, 4) is 0 Å². The summed E-state index contributed by atoms with van der Waals surface area (Å²) in [6.45, 7) is 0. The first-order valence-corrected chi connectivity index (χ1v) is 7.66. The Labute approximate surface area is 115 Å². The van der Waals surface area contributed by atoms with Gasteiger partial charge < -0.3 is 0 Å². The van der Waals surface area contributed by atoms with Crippen molar-refractivity contribution in [2.24, 2.45) is 0 Å². The number of benzene rings is 2. The van der Waals surface area contributed by atoms with Gasteiger partial charge >= 0.3 is 0 Å². The summed E-state index contributed by atoms with van der Waals surface area (Å²) in [7, 11) is -3.42. The monoisotopic (exact) mass is 322 g/mol. The number of hydrogen-bond donors (Lipinski definition) is 0. The molecule has 0 unspecified atom stereocenters. The lowest BCUT2D eigenvalue weighted by atomic mass is 10.2. The maximum absolute atomic E-state index is 12.1. The van der Waals surface area contributed by atoms with E-state index in [0.29, 0.717) is 4.48 Å². The SMILES string of the molecule is O=S(=O)(/C=C(\Br)c1ccccc1)c1ccccc1. The highest BCUT2D eigenvalue weighted by Crippen LogP contribution is 2.24. The first-order chi connectivity index (χ1) is 8.59. The number of halogens is 1. The fraction of sp³-hybridized carbons (Fsp3) is 0. The quantitative estimate of drug-likeness (QED) is 0.860. The second-order valence-corrected chi connectivity index (χ2v) is 6.34. The lowest BCUT2D eigenvalue weighted by Crippen LogP contribution is -1.96. The maximum Gasteiger partial charge on any atom is 0.200 e. The predicted octanol–water partition coefficient (Wildman–Crippen LogP) is 3.85. The highest BCUT2D eigenvalue weighted by Gasteiger charge is 2.11. The molecule has 2 rings (SSSR count). The van der Waals surface area contributed by atoms with Crippen molar-refractivity contribution in [3.63, 3.8) is 0 Å². The standard InChI is InChI=1S/C14H11BrO2S/c15-14(12-7-3-1-4-8-12)11-18(16,17)13-9-5-2-6-10-13/h1-11H/b14-11-. The van der Waals surface area contributed by atoms with Crippen LogP contribution in [0.15, 0.2) is 71.0 Å². The van der Waals surface area contributed by atoms with Crippen LogP contribution in [0.25, 0.3) is 4.48 Å². The van der Waals surface area contributed by atoms with Gasteiger partial charge in [-0.2, -0.15) is 0 Å². The highest BCUT2D eigenvalue weighted by molar-refractivity contribution is 9.15. The molecule has 0 aliphatic rings. The van der Waals surface area contributed by atoms with Crippen LogP contribution < -0.4 is 0 Å². The summed E-state index contributed by atoms with van der Waals surface area (Å²) in [5, 5.41) is 1.23. The molecule has 0 spiro atoms. The topological polar surface area (TPSA) is 34.1 Å². The molecule has 0 amide bonds. The van der Waals surface area contributed by atoms with Crippen LogP contribution in [-0.2, 0) is 9.84 Å². The van der Waals surface area contributed by atoms with E-state index < -0.39 is 9.84 Å². The fourth-order valence-electron chi connectivity index (χ4n) is 1.48. The van der Waals surface area contributed by atoms with Crippen LogP contribution in [0, 0.1) is 0 Å². The lowest BCUT2D eigenvalue weighted by Gasteiger charge is -2.01. The smallest absolute Gasteiger partial charge is 0.200 e. The zero-order valence-corrected chi connectivity index (χ0v) is 11.9. The summed E-state index contributed by atoms with van der Waals surface area (Å²) >= 11 is 3.30. The molecule has 0 fully saturated rings. The largest absolute Gasteiger partial charge is 0.219 e. The Hall–Kier alpha value is -1.39. The number of hydrogen-bond acceptors (Lipinski definition) is 2. The van der Waals surface area contributed by atoms with Crippen LogP contribution in [-0.4, -0.2) is 8.42 Å². The van der Waals surface area contributed by atoms with Gasteiger partial charge in [-0.05, 0) is 33.6 Å². The molecule has 0 saturated carbocycles. The summed E-state index contributed by atoms with van der Waals surface area (Å²) in [6, 6.07) is 17.7. The molecule has 0 saturated heterocycles. The van der Waals surface area contributed by atoms with Gasteiger partial charge in [0.2, 0.25) is 9.84 Å². The van der Waals surface area contributed by atoms with Crippen LogP contribution in [0.5, 0.6) is 0 Å². The number of sulfone groups is 1. The van der Waals surface area contributed by atoms with Gasteiger partial charge in [0.15, 0.2) is 0 Å².